The molecule has 0 spiro atoms. The molecule has 2 unspecified atom stereocenters. The average molecular weight is 226 g/mol. The number of carbonyl (C=O) groups is 2. The predicted octanol–water partition coefficient (Wildman–Crippen LogP) is -1.45. The molecule has 0 N–H and O–H groups in total. The van der Waals surface area contributed by atoms with Gasteiger partial charge >= 0.3 is 37.7 Å². The molecule has 76 valence electrons. The van der Waals surface area contributed by atoms with Crippen LogP contribution < -0.4 is 10.2 Å². The molecule has 0 saturated carbocycles. The van der Waals surface area contributed by atoms with Crippen molar-refractivity contribution in [2.45, 2.75) is 33.1 Å². The maximum Gasteiger partial charge on any atom is 2.00 e. The van der Waals surface area contributed by atoms with Crippen LogP contribution >= 0.6 is 0 Å². The monoisotopic (exact) mass is 226 g/mol. The summed E-state index contributed by atoms with van der Waals surface area (Å²) in [7, 11) is 0. The number of carboxylic acid groups (broad SMARTS) is 2. The van der Waals surface area contributed by atoms with E-state index in [9.17, 15) is 19.8 Å². The van der Waals surface area contributed by atoms with Gasteiger partial charge < -0.3 is 19.8 Å². The van der Waals surface area contributed by atoms with E-state index < -0.39 is 23.8 Å². The third-order valence-electron chi connectivity index (χ3n) is 2.15. The predicted molar refractivity (Wildman–Crippen MR) is 47.9 cm³/mol. The van der Waals surface area contributed by atoms with Gasteiger partial charge in [-0.05, 0) is 6.42 Å². The Bertz CT molecular complexity index is 193. The molecule has 14 heavy (non-hydrogen) atoms. The Morgan fingerprint density at radius 1 is 1.21 bits per heavy atom. The van der Waals surface area contributed by atoms with Crippen LogP contribution in [0, 0.1) is 11.8 Å². The summed E-state index contributed by atoms with van der Waals surface area (Å²) in [6.07, 6.45) is 1.87. The van der Waals surface area contributed by atoms with E-state index >= 15 is 0 Å². The Hall–Kier alpha value is 0.200. The number of hydrogen-bond acceptors (Lipinski definition) is 4. The van der Waals surface area contributed by atoms with Gasteiger partial charge in [0.1, 0.15) is 0 Å². The Labute approximate surface area is 114 Å². The Morgan fingerprint density at radius 2 is 1.71 bits per heavy atom. The standard InChI is InChI=1S/C9H16O4.Ca/c1-3-4-5-7(9(12)13)6(2)8(10)11;/h6-7H,3-5H2,1-2H3,(H,10,11)(H,12,13);/q;+2/p-2. The van der Waals surface area contributed by atoms with Gasteiger partial charge in [-0.25, -0.2) is 0 Å². The normalized spacial score (nSPS) is 13.9. The fourth-order valence-corrected chi connectivity index (χ4v) is 1.16. The number of hydrogen-bond donors (Lipinski definition) is 0. The van der Waals surface area contributed by atoms with Gasteiger partial charge in [0.05, 0.1) is 0 Å². The molecule has 0 aliphatic carbocycles. The molecule has 0 amide bonds. The average Bonchev–Trinajstić information content (AvgIpc) is 2.04. The summed E-state index contributed by atoms with van der Waals surface area (Å²) in [5.41, 5.74) is 0. The molecule has 0 saturated heterocycles. The third kappa shape index (κ3) is 5.83. The molecule has 0 radical (unpaired) electrons. The molecule has 2 atom stereocenters. The van der Waals surface area contributed by atoms with Crippen LogP contribution in [0.1, 0.15) is 33.1 Å². The summed E-state index contributed by atoms with van der Waals surface area (Å²) < 4.78 is 0. The van der Waals surface area contributed by atoms with E-state index in [-0.39, 0.29) is 37.7 Å². The first-order chi connectivity index (χ1) is 6.00. The maximum absolute atomic E-state index is 10.5. The van der Waals surface area contributed by atoms with Gasteiger partial charge in [0.2, 0.25) is 0 Å². The number of unbranched alkanes of at least 4 members (excludes halogenated alkanes) is 1. The van der Waals surface area contributed by atoms with Crippen molar-refractivity contribution in [2.75, 3.05) is 0 Å². The maximum atomic E-state index is 10.5. The van der Waals surface area contributed by atoms with E-state index in [0.29, 0.717) is 12.8 Å². The van der Waals surface area contributed by atoms with Crippen LogP contribution in [0.15, 0.2) is 0 Å². The topological polar surface area (TPSA) is 80.3 Å². The second-order valence-electron chi connectivity index (χ2n) is 3.18. The first-order valence-electron chi connectivity index (χ1n) is 4.42. The largest absolute Gasteiger partial charge is 2.00 e. The van der Waals surface area contributed by atoms with Gasteiger partial charge in [-0.15, -0.1) is 0 Å². The van der Waals surface area contributed by atoms with Crippen molar-refractivity contribution >= 4 is 49.7 Å². The zero-order valence-electron chi connectivity index (χ0n) is 8.62. The zero-order chi connectivity index (χ0) is 10.4. The van der Waals surface area contributed by atoms with Crippen molar-refractivity contribution in [1.82, 2.24) is 0 Å². The van der Waals surface area contributed by atoms with E-state index in [0.717, 1.165) is 6.42 Å². The van der Waals surface area contributed by atoms with Crippen LogP contribution in [-0.4, -0.2) is 49.7 Å². The van der Waals surface area contributed by atoms with Gasteiger partial charge in [-0.3, -0.25) is 0 Å². The van der Waals surface area contributed by atoms with Crippen LogP contribution in [0.4, 0.5) is 0 Å². The van der Waals surface area contributed by atoms with Gasteiger partial charge in [0, 0.05) is 23.8 Å². The molecule has 0 aromatic carbocycles. The van der Waals surface area contributed by atoms with E-state index in [1.807, 2.05) is 6.92 Å². The van der Waals surface area contributed by atoms with Crippen molar-refractivity contribution in [3.8, 4) is 0 Å². The van der Waals surface area contributed by atoms with E-state index in [1.54, 1.807) is 0 Å². The van der Waals surface area contributed by atoms with Crippen molar-refractivity contribution in [2.24, 2.45) is 11.8 Å². The smallest absolute Gasteiger partial charge is 0.550 e. The Morgan fingerprint density at radius 3 is 2.00 bits per heavy atom. The minimum atomic E-state index is -1.33. The van der Waals surface area contributed by atoms with Crippen LogP contribution in [-0.2, 0) is 9.59 Å². The summed E-state index contributed by atoms with van der Waals surface area (Å²) in [5.74, 6) is -4.53. The zero-order valence-corrected chi connectivity index (χ0v) is 10.8. The molecule has 5 heteroatoms. The number of aliphatic carboxylic acids is 2. The van der Waals surface area contributed by atoms with Gasteiger partial charge in [-0.1, -0.05) is 26.7 Å². The number of carbonyl (C=O) groups excluding carboxylic acids is 2. The summed E-state index contributed by atoms with van der Waals surface area (Å²) in [4.78, 5) is 21.0. The van der Waals surface area contributed by atoms with Crippen molar-refractivity contribution < 1.29 is 19.8 Å². The number of carboxylic acids is 2. The van der Waals surface area contributed by atoms with Gasteiger partial charge in [0.25, 0.3) is 0 Å². The van der Waals surface area contributed by atoms with E-state index in [1.165, 1.54) is 6.92 Å². The molecule has 0 aliphatic heterocycles. The second-order valence-corrected chi connectivity index (χ2v) is 3.18. The quantitative estimate of drug-likeness (QED) is 0.519. The summed E-state index contributed by atoms with van der Waals surface area (Å²) in [6, 6.07) is 0. The second kappa shape index (κ2) is 8.50. The van der Waals surface area contributed by atoms with Crippen LogP contribution in [0.5, 0.6) is 0 Å². The SMILES string of the molecule is CCCCC(C(=O)[O-])C(C)C(=O)[O-].[Ca+2]. The van der Waals surface area contributed by atoms with Crippen LogP contribution in [0.25, 0.3) is 0 Å². The molecular weight excluding hydrogens is 212 g/mol. The molecule has 0 aliphatic rings. The first-order valence-corrected chi connectivity index (χ1v) is 4.42. The van der Waals surface area contributed by atoms with E-state index in [2.05, 4.69) is 0 Å². The summed E-state index contributed by atoms with van der Waals surface area (Å²) >= 11 is 0. The summed E-state index contributed by atoms with van der Waals surface area (Å²) in [5, 5.41) is 21.0. The minimum absolute atomic E-state index is 0. The molecular formula is C9H14CaO4. The molecule has 0 fully saturated rings. The van der Waals surface area contributed by atoms with E-state index in [4.69, 9.17) is 0 Å². The Balaban J connectivity index is 0. The molecule has 0 heterocycles. The Kier molecular flexibility index (Phi) is 10.1. The molecule has 0 rings (SSSR count). The molecule has 0 bridgehead atoms. The number of rotatable bonds is 6. The molecule has 0 aromatic heterocycles. The molecule has 0 aromatic rings. The minimum Gasteiger partial charge on any atom is -0.550 e. The van der Waals surface area contributed by atoms with Gasteiger partial charge in [0.15, 0.2) is 0 Å². The van der Waals surface area contributed by atoms with Crippen molar-refractivity contribution in [1.29, 1.82) is 0 Å². The third-order valence-corrected chi connectivity index (χ3v) is 2.15. The fourth-order valence-electron chi connectivity index (χ4n) is 1.16. The van der Waals surface area contributed by atoms with Crippen LogP contribution in [0.3, 0.4) is 0 Å². The van der Waals surface area contributed by atoms with Crippen LogP contribution in [0.2, 0.25) is 0 Å². The van der Waals surface area contributed by atoms with Gasteiger partial charge in [-0.2, -0.15) is 0 Å². The summed E-state index contributed by atoms with van der Waals surface area (Å²) in [6.45, 7) is 3.25. The molecule has 4 nitrogen and oxygen atoms in total. The fraction of sp³-hybridized carbons (Fsp3) is 0.778. The van der Waals surface area contributed by atoms with Crippen molar-refractivity contribution in [3.05, 3.63) is 0 Å². The first kappa shape index (κ1) is 16.6. The van der Waals surface area contributed by atoms with Crippen molar-refractivity contribution in [3.63, 3.8) is 0 Å².